The van der Waals surface area contributed by atoms with Crippen LogP contribution >= 0.6 is 0 Å². The van der Waals surface area contributed by atoms with Crippen LogP contribution in [0.3, 0.4) is 0 Å². The Kier molecular flexibility index (Phi) is 5.78. The number of fused-ring (bicyclic) bond motifs is 1. The quantitative estimate of drug-likeness (QED) is 0.695. The number of pyridine rings is 1. The Morgan fingerprint density at radius 3 is 2.72 bits per heavy atom. The van der Waals surface area contributed by atoms with Crippen molar-refractivity contribution in [3.05, 3.63) is 64.7 Å². The minimum atomic E-state index is -0.219. The van der Waals surface area contributed by atoms with Crippen LogP contribution in [0.25, 0.3) is 10.9 Å². The van der Waals surface area contributed by atoms with E-state index in [0.717, 1.165) is 56.0 Å². The van der Waals surface area contributed by atoms with Crippen molar-refractivity contribution in [2.24, 2.45) is 0 Å². The monoisotopic (exact) mass is 394 g/mol. The molecule has 2 aromatic heterocycles. The lowest BCUT2D eigenvalue weighted by Gasteiger charge is -2.26. The van der Waals surface area contributed by atoms with Crippen LogP contribution in [0.2, 0.25) is 0 Å². The molecular weight excluding hydrogens is 368 g/mol. The van der Waals surface area contributed by atoms with Crippen molar-refractivity contribution >= 4 is 22.5 Å². The number of amides is 1. The van der Waals surface area contributed by atoms with Gasteiger partial charge in [0.15, 0.2) is 0 Å². The van der Waals surface area contributed by atoms with Crippen LogP contribution in [-0.2, 0) is 22.6 Å². The van der Waals surface area contributed by atoms with Gasteiger partial charge in [-0.1, -0.05) is 6.07 Å². The zero-order chi connectivity index (χ0) is 20.2. The zero-order valence-electron chi connectivity index (χ0n) is 16.6. The summed E-state index contributed by atoms with van der Waals surface area (Å²) in [5.74, 6) is -0.219. The second-order valence-corrected chi connectivity index (χ2v) is 7.41. The molecule has 152 valence electrons. The number of ether oxygens (including phenoxy) is 1. The first-order valence-electron chi connectivity index (χ1n) is 9.95. The van der Waals surface area contributed by atoms with E-state index in [4.69, 9.17) is 4.74 Å². The van der Waals surface area contributed by atoms with Crippen molar-refractivity contribution in [1.82, 2.24) is 14.0 Å². The average molecular weight is 394 g/mol. The summed E-state index contributed by atoms with van der Waals surface area (Å²) in [5.41, 5.74) is 2.36. The predicted molar refractivity (Wildman–Crippen MR) is 113 cm³/mol. The number of hydrogen-bond acceptors (Lipinski definition) is 4. The normalized spacial score (nSPS) is 14.9. The molecule has 29 heavy (non-hydrogen) atoms. The zero-order valence-corrected chi connectivity index (χ0v) is 16.6. The van der Waals surface area contributed by atoms with Gasteiger partial charge in [0.05, 0.1) is 13.2 Å². The molecule has 1 saturated heterocycles. The fourth-order valence-electron chi connectivity index (χ4n) is 3.68. The minimum absolute atomic E-state index is 0.000882. The van der Waals surface area contributed by atoms with Gasteiger partial charge in [-0.15, -0.1) is 0 Å². The summed E-state index contributed by atoms with van der Waals surface area (Å²) in [6.45, 7) is 7.25. The van der Waals surface area contributed by atoms with E-state index in [1.54, 1.807) is 25.3 Å². The highest BCUT2D eigenvalue weighted by molar-refractivity contribution is 5.93. The number of hydrogen-bond donors (Lipinski definition) is 1. The second kappa shape index (κ2) is 8.63. The van der Waals surface area contributed by atoms with Gasteiger partial charge >= 0.3 is 0 Å². The number of carbonyl (C=O) groups excluding carboxylic acids is 1. The fourth-order valence-corrected chi connectivity index (χ4v) is 3.68. The number of rotatable bonds is 6. The standard InChI is InChI=1S/C22H26N4O3/c1-17-3-2-7-26(22(17)28)16-21(27)23-19-4-5-20-18(15-19)6-8-25(20)10-9-24-11-13-29-14-12-24/h2-8,15H,9-14,16H2,1H3,(H,23,27). The first-order chi connectivity index (χ1) is 14.1. The molecule has 1 aliphatic rings. The van der Waals surface area contributed by atoms with E-state index < -0.39 is 0 Å². The van der Waals surface area contributed by atoms with Gasteiger partial charge in [0.1, 0.15) is 6.54 Å². The molecule has 0 atom stereocenters. The summed E-state index contributed by atoms with van der Waals surface area (Å²) in [4.78, 5) is 26.9. The van der Waals surface area contributed by atoms with Crippen LogP contribution in [0.4, 0.5) is 5.69 Å². The summed E-state index contributed by atoms with van der Waals surface area (Å²) < 4.78 is 9.06. The van der Waals surface area contributed by atoms with Crippen molar-refractivity contribution in [3.8, 4) is 0 Å². The molecule has 0 saturated carbocycles. The van der Waals surface area contributed by atoms with Crippen molar-refractivity contribution < 1.29 is 9.53 Å². The minimum Gasteiger partial charge on any atom is -0.379 e. The molecule has 4 rings (SSSR count). The third-order valence-corrected chi connectivity index (χ3v) is 5.34. The molecule has 7 heteroatoms. The van der Waals surface area contributed by atoms with Crippen LogP contribution in [0, 0.1) is 6.92 Å². The third-order valence-electron chi connectivity index (χ3n) is 5.34. The molecule has 1 amide bonds. The number of nitrogens with zero attached hydrogens (tertiary/aromatic N) is 3. The van der Waals surface area contributed by atoms with E-state index in [9.17, 15) is 9.59 Å². The Bertz CT molecular complexity index is 1060. The lowest BCUT2D eigenvalue weighted by Crippen LogP contribution is -2.38. The van der Waals surface area contributed by atoms with Crippen LogP contribution in [0.5, 0.6) is 0 Å². The van der Waals surface area contributed by atoms with Gasteiger partial charge in [-0.25, -0.2) is 0 Å². The van der Waals surface area contributed by atoms with E-state index in [1.165, 1.54) is 4.57 Å². The first kappa shape index (κ1) is 19.4. The third kappa shape index (κ3) is 4.58. The molecule has 0 unspecified atom stereocenters. The molecule has 7 nitrogen and oxygen atoms in total. The number of aromatic nitrogens is 2. The van der Waals surface area contributed by atoms with E-state index >= 15 is 0 Å². The summed E-state index contributed by atoms with van der Waals surface area (Å²) in [7, 11) is 0. The second-order valence-electron chi connectivity index (χ2n) is 7.41. The maximum atomic E-state index is 12.4. The highest BCUT2D eigenvalue weighted by Gasteiger charge is 2.11. The maximum absolute atomic E-state index is 12.4. The Morgan fingerprint density at radius 2 is 1.90 bits per heavy atom. The van der Waals surface area contributed by atoms with Crippen LogP contribution < -0.4 is 10.9 Å². The highest BCUT2D eigenvalue weighted by atomic mass is 16.5. The molecule has 1 aliphatic heterocycles. The summed E-state index contributed by atoms with van der Waals surface area (Å²) in [6, 6.07) is 11.5. The largest absolute Gasteiger partial charge is 0.379 e. The molecule has 3 heterocycles. The summed E-state index contributed by atoms with van der Waals surface area (Å²) in [5, 5.41) is 3.97. The van der Waals surface area contributed by atoms with Gasteiger partial charge in [0.2, 0.25) is 5.91 Å². The van der Waals surface area contributed by atoms with Gasteiger partial charge < -0.3 is 19.2 Å². The van der Waals surface area contributed by atoms with Crippen LogP contribution in [0.15, 0.2) is 53.6 Å². The lowest BCUT2D eigenvalue weighted by molar-refractivity contribution is -0.116. The maximum Gasteiger partial charge on any atom is 0.253 e. The Morgan fingerprint density at radius 1 is 1.07 bits per heavy atom. The van der Waals surface area contributed by atoms with Gasteiger partial charge in [0.25, 0.3) is 5.56 Å². The average Bonchev–Trinajstić information content (AvgIpc) is 3.13. The number of aryl methyl sites for hydroxylation is 1. The van der Waals surface area contributed by atoms with Crippen molar-refractivity contribution in [2.75, 3.05) is 38.2 Å². The predicted octanol–water partition coefficient (Wildman–Crippen LogP) is 2.08. The van der Waals surface area contributed by atoms with E-state index in [1.807, 2.05) is 18.2 Å². The Labute approximate surface area is 169 Å². The van der Waals surface area contributed by atoms with Crippen molar-refractivity contribution in [1.29, 1.82) is 0 Å². The SMILES string of the molecule is Cc1cccn(CC(=O)Nc2ccc3c(ccn3CCN3CCOCC3)c2)c1=O. The number of anilines is 1. The number of nitrogens with one attached hydrogen (secondary N) is 1. The summed E-state index contributed by atoms with van der Waals surface area (Å²) in [6.07, 6.45) is 3.72. The number of morpholine rings is 1. The molecule has 0 radical (unpaired) electrons. The topological polar surface area (TPSA) is 68.5 Å². The van der Waals surface area contributed by atoms with Crippen LogP contribution in [-0.4, -0.2) is 52.8 Å². The molecule has 3 aromatic rings. The van der Waals surface area contributed by atoms with E-state index in [0.29, 0.717) is 5.56 Å². The van der Waals surface area contributed by atoms with Gasteiger partial charge in [-0.05, 0) is 37.3 Å². The van der Waals surface area contributed by atoms with Gasteiger partial charge in [0, 0.05) is 60.7 Å². The molecule has 1 N–H and O–H groups in total. The molecule has 0 bridgehead atoms. The Hall–Kier alpha value is -2.90. The lowest BCUT2D eigenvalue weighted by atomic mass is 10.2. The highest BCUT2D eigenvalue weighted by Crippen LogP contribution is 2.21. The van der Waals surface area contributed by atoms with Gasteiger partial charge in [-0.3, -0.25) is 14.5 Å². The smallest absolute Gasteiger partial charge is 0.253 e. The van der Waals surface area contributed by atoms with Crippen molar-refractivity contribution in [3.63, 3.8) is 0 Å². The molecule has 1 fully saturated rings. The van der Waals surface area contributed by atoms with Gasteiger partial charge in [-0.2, -0.15) is 0 Å². The van der Waals surface area contributed by atoms with E-state index in [2.05, 4.69) is 27.0 Å². The molecule has 0 aliphatic carbocycles. The summed E-state index contributed by atoms with van der Waals surface area (Å²) >= 11 is 0. The first-order valence-corrected chi connectivity index (χ1v) is 9.95. The molecule has 1 aromatic carbocycles. The number of carbonyl (C=O) groups is 1. The van der Waals surface area contributed by atoms with Crippen LogP contribution in [0.1, 0.15) is 5.56 Å². The van der Waals surface area contributed by atoms with Crippen molar-refractivity contribution in [2.45, 2.75) is 20.0 Å². The molecular formula is C22H26N4O3. The number of benzene rings is 1. The Balaban J connectivity index is 1.40. The fraction of sp³-hybridized carbons (Fsp3) is 0.364. The molecule has 0 spiro atoms. The van der Waals surface area contributed by atoms with E-state index in [-0.39, 0.29) is 18.0 Å².